The maximum atomic E-state index is 8.73. The second-order valence-electron chi connectivity index (χ2n) is 3.51. The second kappa shape index (κ2) is 6.82. The van der Waals surface area contributed by atoms with Crippen molar-refractivity contribution >= 4 is 11.8 Å². The molecule has 4 heteroatoms. The first-order valence-electron chi connectivity index (χ1n) is 5.13. The Kier molecular flexibility index (Phi) is 5.68. The summed E-state index contributed by atoms with van der Waals surface area (Å²) in [5.41, 5.74) is 7.10. The molecule has 0 aliphatic carbocycles. The van der Waals surface area contributed by atoms with Gasteiger partial charge in [-0.15, -0.1) is 0 Å². The Morgan fingerprint density at radius 1 is 1.60 bits per heavy atom. The number of aliphatic hydroxyl groups excluding tert-OH is 1. The van der Waals surface area contributed by atoms with E-state index >= 15 is 0 Å². The van der Waals surface area contributed by atoms with Crippen LogP contribution in [0.2, 0.25) is 0 Å². The lowest BCUT2D eigenvalue weighted by molar-refractivity contribution is 0.296. The molecule has 1 rings (SSSR count). The van der Waals surface area contributed by atoms with Crippen LogP contribution >= 0.6 is 11.8 Å². The van der Waals surface area contributed by atoms with Gasteiger partial charge in [-0.2, -0.15) is 11.8 Å². The minimum atomic E-state index is 0.0953. The summed E-state index contributed by atoms with van der Waals surface area (Å²) in [5.74, 6) is 0.928. The highest BCUT2D eigenvalue weighted by molar-refractivity contribution is 7.99. The van der Waals surface area contributed by atoms with E-state index in [-0.39, 0.29) is 17.9 Å². The summed E-state index contributed by atoms with van der Waals surface area (Å²) in [6.07, 6.45) is 4.44. The van der Waals surface area contributed by atoms with Gasteiger partial charge in [0.25, 0.3) is 0 Å². The average molecular weight is 226 g/mol. The molecule has 0 bridgehead atoms. The van der Waals surface area contributed by atoms with Crippen LogP contribution in [0.15, 0.2) is 24.5 Å². The summed E-state index contributed by atoms with van der Waals surface area (Å²) in [4.78, 5) is 4.10. The molecule has 1 aromatic rings. The lowest BCUT2D eigenvalue weighted by Crippen LogP contribution is -2.23. The Morgan fingerprint density at radius 2 is 2.40 bits per heavy atom. The van der Waals surface area contributed by atoms with Crippen molar-refractivity contribution in [2.45, 2.75) is 24.6 Å². The molecule has 0 aliphatic rings. The van der Waals surface area contributed by atoms with E-state index in [0.29, 0.717) is 0 Å². The number of aliphatic hydroxyl groups is 1. The molecule has 3 N–H and O–H groups in total. The van der Waals surface area contributed by atoms with Crippen molar-refractivity contribution < 1.29 is 5.11 Å². The molecule has 1 aromatic heterocycles. The molecule has 0 saturated heterocycles. The fourth-order valence-electron chi connectivity index (χ4n) is 1.37. The largest absolute Gasteiger partial charge is 0.396 e. The zero-order valence-electron chi connectivity index (χ0n) is 8.97. The van der Waals surface area contributed by atoms with E-state index in [4.69, 9.17) is 10.8 Å². The van der Waals surface area contributed by atoms with E-state index in [1.807, 2.05) is 25.3 Å². The van der Waals surface area contributed by atoms with E-state index in [9.17, 15) is 0 Å². The van der Waals surface area contributed by atoms with Crippen LogP contribution in [0.25, 0.3) is 0 Å². The predicted molar refractivity (Wildman–Crippen MR) is 64.8 cm³/mol. The van der Waals surface area contributed by atoms with Crippen molar-refractivity contribution in [2.75, 3.05) is 12.4 Å². The highest BCUT2D eigenvalue weighted by Crippen LogP contribution is 2.30. The Hall–Kier alpha value is -0.580. The van der Waals surface area contributed by atoms with Crippen LogP contribution in [0.4, 0.5) is 0 Å². The molecule has 0 spiro atoms. The number of hydrogen-bond donors (Lipinski definition) is 2. The zero-order valence-corrected chi connectivity index (χ0v) is 9.78. The van der Waals surface area contributed by atoms with Gasteiger partial charge < -0.3 is 10.8 Å². The van der Waals surface area contributed by atoms with Gasteiger partial charge in [0, 0.05) is 30.3 Å². The third-order valence-corrected chi connectivity index (χ3v) is 3.68. The molecule has 0 amide bonds. The van der Waals surface area contributed by atoms with Crippen LogP contribution in [-0.4, -0.2) is 28.5 Å². The Labute approximate surface area is 95.1 Å². The van der Waals surface area contributed by atoms with Crippen LogP contribution in [-0.2, 0) is 0 Å². The number of thioether (sulfide) groups is 1. The molecule has 0 saturated carbocycles. The van der Waals surface area contributed by atoms with Gasteiger partial charge in [-0.05, 0) is 30.7 Å². The van der Waals surface area contributed by atoms with Crippen molar-refractivity contribution in [3.8, 4) is 0 Å². The van der Waals surface area contributed by atoms with E-state index in [1.165, 1.54) is 0 Å². The summed E-state index contributed by atoms with van der Waals surface area (Å²) in [6, 6.07) is 4.07. The Bertz CT molecular complexity index is 267. The molecule has 2 unspecified atom stereocenters. The van der Waals surface area contributed by atoms with Gasteiger partial charge in [-0.25, -0.2) is 0 Å². The van der Waals surface area contributed by atoms with E-state index in [1.54, 1.807) is 18.0 Å². The number of pyridine rings is 1. The van der Waals surface area contributed by atoms with E-state index in [0.717, 1.165) is 17.7 Å². The average Bonchev–Trinajstić information content (AvgIpc) is 2.25. The van der Waals surface area contributed by atoms with Crippen molar-refractivity contribution in [3.05, 3.63) is 30.1 Å². The standard InChI is InChI=1S/C11H18N2OS/c1-9(12)11(15-7-3-6-14)10-4-2-5-13-8-10/h2,4-5,8-9,11,14H,3,6-7,12H2,1H3. The quantitative estimate of drug-likeness (QED) is 0.723. The number of hydrogen-bond acceptors (Lipinski definition) is 4. The van der Waals surface area contributed by atoms with Crippen molar-refractivity contribution in [1.82, 2.24) is 4.98 Å². The van der Waals surface area contributed by atoms with Crippen LogP contribution in [0.5, 0.6) is 0 Å². The Balaban J connectivity index is 2.58. The van der Waals surface area contributed by atoms with Gasteiger partial charge in [0.05, 0.1) is 0 Å². The fourth-order valence-corrected chi connectivity index (χ4v) is 2.56. The van der Waals surface area contributed by atoms with Crippen LogP contribution in [0, 0.1) is 0 Å². The summed E-state index contributed by atoms with van der Waals surface area (Å²) in [6.45, 7) is 2.25. The zero-order chi connectivity index (χ0) is 11.1. The Morgan fingerprint density at radius 3 is 2.93 bits per heavy atom. The highest BCUT2D eigenvalue weighted by Gasteiger charge is 2.16. The number of nitrogens with zero attached hydrogens (tertiary/aromatic N) is 1. The molecule has 0 fully saturated rings. The van der Waals surface area contributed by atoms with Gasteiger partial charge in [0.2, 0.25) is 0 Å². The summed E-state index contributed by atoms with van der Waals surface area (Å²) < 4.78 is 0. The maximum Gasteiger partial charge on any atom is 0.0460 e. The monoisotopic (exact) mass is 226 g/mol. The fraction of sp³-hybridized carbons (Fsp3) is 0.545. The predicted octanol–water partition coefficient (Wildman–Crippen LogP) is 1.59. The topological polar surface area (TPSA) is 59.1 Å². The lowest BCUT2D eigenvalue weighted by Gasteiger charge is -2.20. The van der Waals surface area contributed by atoms with Crippen LogP contribution < -0.4 is 5.73 Å². The molecule has 0 aromatic carbocycles. The van der Waals surface area contributed by atoms with Gasteiger partial charge in [-0.1, -0.05) is 6.07 Å². The number of nitrogens with two attached hydrogens (primary N) is 1. The second-order valence-corrected chi connectivity index (χ2v) is 4.76. The highest BCUT2D eigenvalue weighted by atomic mass is 32.2. The third kappa shape index (κ3) is 4.20. The summed E-state index contributed by atoms with van der Waals surface area (Å²) in [5, 5.41) is 9.00. The SMILES string of the molecule is CC(N)C(SCCCO)c1cccnc1. The van der Waals surface area contributed by atoms with E-state index < -0.39 is 0 Å². The third-order valence-electron chi connectivity index (χ3n) is 2.09. The van der Waals surface area contributed by atoms with Gasteiger partial charge in [0.1, 0.15) is 0 Å². The van der Waals surface area contributed by atoms with Crippen LogP contribution in [0.3, 0.4) is 0 Å². The first-order valence-corrected chi connectivity index (χ1v) is 6.18. The van der Waals surface area contributed by atoms with Gasteiger partial charge in [0.15, 0.2) is 0 Å². The van der Waals surface area contributed by atoms with Crippen molar-refractivity contribution in [2.24, 2.45) is 5.73 Å². The molecule has 84 valence electrons. The van der Waals surface area contributed by atoms with Crippen molar-refractivity contribution in [3.63, 3.8) is 0 Å². The van der Waals surface area contributed by atoms with Crippen LogP contribution in [0.1, 0.15) is 24.2 Å². The molecule has 15 heavy (non-hydrogen) atoms. The molecule has 2 atom stereocenters. The molecular formula is C11H18N2OS. The first-order chi connectivity index (χ1) is 7.25. The summed E-state index contributed by atoms with van der Waals surface area (Å²) in [7, 11) is 0. The van der Waals surface area contributed by atoms with Crippen molar-refractivity contribution in [1.29, 1.82) is 0 Å². The molecule has 0 aliphatic heterocycles. The number of rotatable bonds is 6. The molecular weight excluding hydrogens is 208 g/mol. The van der Waals surface area contributed by atoms with Gasteiger partial charge in [-0.3, -0.25) is 4.98 Å². The van der Waals surface area contributed by atoms with E-state index in [2.05, 4.69) is 4.98 Å². The lowest BCUT2D eigenvalue weighted by atomic mass is 10.1. The maximum absolute atomic E-state index is 8.73. The normalized spacial score (nSPS) is 14.9. The minimum Gasteiger partial charge on any atom is -0.396 e. The smallest absolute Gasteiger partial charge is 0.0460 e. The molecule has 3 nitrogen and oxygen atoms in total. The molecule has 1 heterocycles. The molecule has 0 radical (unpaired) electrons. The van der Waals surface area contributed by atoms with Gasteiger partial charge >= 0.3 is 0 Å². The first kappa shape index (κ1) is 12.5. The summed E-state index contributed by atoms with van der Waals surface area (Å²) >= 11 is 1.78. The minimum absolute atomic E-state index is 0.0953. The number of aromatic nitrogens is 1.